The molecule has 0 saturated carbocycles. The van der Waals surface area contributed by atoms with Gasteiger partial charge in [0, 0.05) is 6.20 Å². The molecule has 0 saturated heterocycles. The molecule has 4 nitrogen and oxygen atoms in total. The molecule has 0 bridgehead atoms. The summed E-state index contributed by atoms with van der Waals surface area (Å²) in [5.74, 6) is -0.909. The maximum Gasteiger partial charge on any atom is 0.417 e. The summed E-state index contributed by atoms with van der Waals surface area (Å²) in [7, 11) is 0. The number of hydrogen-bond acceptors (Lipinski definition) is 4. The van der Waals surface area contributed by atoms with Crippen LogP contribution >= 0.6 is 11.6 Å². The van der Waals surface area contributed by atoms with E-state index in [0.29, 0.717) is 12.3 Å². The van der Waals surface area contributed by atoms with Gasteiger partial charge in [0.05, 0.1) is 12.2 Å². The second kappa shape index (κ2) is 5.90. The van der Waals surface area contributed by atoms with E-state index in [9.17, 15) is 18.0 Å². The van der Waals surface area contributed by atoms with Crippen LogP contribution in [0.15, 0.2) is 12.3 Å². The molecule has 0 aliphatic carbocycles. The average molecular weight is 284 g/mol. The Morgan fingerprint density at radius 2 is 2.17 bits per heavy atom. The van der Waals surface area contributed by atoms with Crippen molar-refractivity contribution < 1.29 is 27.4 Å². The number of pyridine rings is 1. The highest BCUT2D eigenvalue weighted by atomic mass is 35.5. The molecule has 0 spiro atoms. The zero-order valence-corrected chi connectivity index (χ0v) is 10.0. The summed E-state index contributed by atoms with van der Waals surface area (Å²) in [5, 5.41) is -0.325. The first-order valence-electron chi connectivity index (χ1n) is 4.85. The van der Waals surface area contributed by atoms with Gasteiger partial charge in [-0.05, 0) is 13.0 Å². The van der Waals surface area contributed by atoms with Crippen molar-refractivity contribution in [3.63, 3.8) is 0 Å². The highest BCUT2D eigenvalue weighted by Crippen LogP contribution is 2.32. The van der Waals surface area contributed by atoms with Crippen molar-refractivity contribution in [3.05, 3.63) is 22.8 Å². The lowest BCUT2D eigenvalue weighted by Crippen LogP contribution is -2.15. The molecule has 8 heteroatoms. The number of carbonyl (C=O) groups is 1. The van der Waals surface area contributed by atoms with Crippen molar-refractivity contribution >= 4 is 17.6 Å². The second-order valence-corrected chi connectivity index (χ2v) is 3.51. The summed E-state index contributed by atoms with van der Waals surface area (Å²) in [6, 6.07) is 0.676. The van der Waals surface area contributed by atoms with Crippen molar-refractivity contribution in [2.24, 2.45) is 0 Å². The highest BCUT2D eigenvalue weighted by Gasteiger charge is 2.31. The van der Waals surface area contributed by atoms with E-state index in [-0.39, 0.29) is 17.5 Å². The van der Waals surface area contributed by atoms with Crippen LogP contribution in [0.1, 0.15) is 12.5 Å². The molecule has 1 aromatic heterocycles. The first-order chi connectivity index (χ1) is 8.34. The Kier molecular flexibility index (Phi) is 4.77. The predicted octanol–water partition coefficient (Wildman–Crippen LogP) is 2.70. The summed E-state index contributed by atoms with van der Waals surface area (Å²) in [6.45, 7) is 1.32. The molecule has 0 radical (unpaired) electrons. The molecular weight excluding hydrogens is 275 g/mol. The van der Waals surface area contributed by atoms with Crippen LogP contribution in [0.4, 0.5) is 13.2 Å². The Hall–Kier alpha value is -1.50. The highest BCUT2D eigenvalue weighted by molar-refractivity contribution is 6.31. The zero-order chi connectivity index (χ0) is 13.8. The Balaban J connectivity index is 2.72. The van der Waals surface area contributed by atoms with E-state index in [1.165, 1.54) is 0 Å². The number of carbonyl (C=O) groups excluding carboxylic acids is 1. The Bertz CT molecular complexity index is 437. The number of ether oxygens (including phenoxy) is 2. The van der Waals surface area contributed by atoms with Gasteiger partial charge in [-0.2, -0.15) is 13.2 Å². The topological polar surface area (TPSA) is 48.4 Å². The molecule has 0 aromatic carbocycles. The molecular formula is C10H9ClF3NO3. The third-order valence-corrected chi connectivity index (χ3v) is 2.04. The molecule has 0 N–H and O–H groups in total. The van der Waals surface area contributed by atoms with Gasteiger partial charge in [0.25, 0.3) is 0 Å². The van der Waals surface area contributed by atoms with Gasteiger partial charge >= 0.3 is 12.1 Å². The Morgan fingerprint density at radius 1 is 1.50 bits per heavy atom. The van der Waals surface area contributed by atoms with E-state index in [1.54, 1.807) is 6.92 Å². The van der Waals surface area contributed by atoms with Crippen LogP contribution in [-0.2, 0) is 15.7 Å². The maximum absolute atomic E-state index is 12.3. The molecule has 0 amide bonds. The fourth-order valence-corrected chi connectivity index (χ4v) is 1.24. The standard InChI is InChI=1S/C10H9ClF3NO3/c1-2-17-8(16)5-18-9-7(11)3-6(4-15-9)10(12,13)14/h3-4H,2,5H2,1H3. The molecule has 1 heterocycles. The van der Waals surface area contributed by atoms with Crippen molar-refractivity contribution in [1.29, 1.82) is 0 Å². The summed E-state index contributed by atoms with van der Waals surface area (Å²) in [4.78, 5) is 14.4. The number of hydrogen-bond donors (Lipinski definition) is 0. The zero-order valence-electron chi connectivity index (χ0n) is 9.25. The van der Waals surface area contributed by atoms with E-state index in [1.807, 2.05) is 0 Å². The number of nitrogens with zero attached hydrogens (tertiary/aromatic N) is 1. The maximum atomic E-state index is 12.3. The minimum Gasteiger partial charge on any atom is -0.465 e. The lowest BCUT2D eigenvalue weighted by molar-refractivity contribution is -0.145. The summed E-state index contributed by atoms with van der Waals surface area (Å²) in [6.07, 6.45) is -3.96. The van der Waals surface area contributed by atoms with Crippen molar-refractivity contribution in [2.75, 3.05) is 13.2 Å². The Morgan fingerprint density at radius 3 is 2.67 bits per heavy atom. The minimum absolute atomic E-state index is 0.177. The van der Waals surface area contributed by atoms with E-state index in [4.69, 9.17) is 16.3 Å². The van der Waals surface area contributed by atoms with Gasteiger partial charge in [-0.1, -0.05) is 11.6 Å². The molecule has 18 heavy (non-hydrogen) atoms. The van der Waals surface area contributed by atoms with Crippen LogP contribution in [0.3, 0.4) is 0 Å². The van der Waals surface area contributed by atoms with Crippen molar-refractivity contribution in [1.82, 2.24) is 4.98 Å². The van der Waals surface area contributed by atoms with Gasteiger partial charge in [-0.3, -0.25) is 0 Å². The molecule has 0 atom stereocenters. The fraction of sp³-hybridized carbons (Fsp3) is 0.400. The second-order valence-electron chi connectivity index (χ2n) is 3.10. The van der Waals surface area contributed by atoms with E-state index >= 15 is 0 Å². The largest absolute Gasteiger partial charge is 0.465 e. The van der Waals surface area contributed by atoms with Crippen molar-refractivity contribution in [3.8, 4) is 5.88 Å². The van der Waals surface area contributed by atoms with Crippen LogP contribution < -0.4 is 4.74 Å². The molecule has 1 rings (SSSR count). The molecule has 0 aliphatic rings. The predicted molar refractivity (Wildman–Crippen MR) is 56.4 cm³/mol. The molecule has 0 aliphatic heterocycles. The van der Waals surface area contributed by atoms with Crippen LogP contribution in [0, 0.1) is 0 Å². The monoisotopic (exact) mass is 283 g/mol. The van der Waals surface area contributed by atoms with Gasteiger partial charge in [0.1, 0.15) is 5.02 Å². The molecule has 1 aromatic rings. The smallest absolute Gasteiger partial charge is 0.417 e. The van der Waals surface area contributed by atoms with Gasteiger partial charge < -0.3 is 9.47 Å². The fourth-order valence-electron chi connectivity index (χ4n) is 1.02. The third-order valence-electron chi connectivity index (χ3n) is 1.77. The van der Waals surface area contributed by atoms with Gasteiger partial charge in [0.15, 0.2) is 6.61 Å². The van der Waals surface area contributed by atoms with E-state index in [2.05, 4.69) is 9.72 Å². The number of esters is 1. The normalized spacial score (nSPS) is 11.2. The van der Waals surface area contributed by atoms with Crippen LogP contribution in [0.25, 0.3) is 0 Å². The SMILES string of the molecule is CCOC(=O)COc1ncc(C(F)(F)F)cc1Cl. The van der Waals surface area contributed by atoms with Crippen LogP contribution in [-0.4, -0.2) is 24.2 Å². The number of alkyl halides is 3. The number of halogens is 4. The lowest BCUT2D eigenvalue weighted by atomic mass is 10.3. The molecule has 0 fully saturated rings. The molecule has 100 valence electrons. The lowest BCUT2D eigenvalue weighted by Gasteiger charge is -2.09. The first kappa shape index (κ1) is 14.6. The quantitative estimate of drug-likeness (QED) is 0.797. The van der Waals surface area contributed by atoms with Crippen LogP contribution in [0.2, 0.25) is 5.02 Å². The van der Waals surface area contributed by atoms with Crippen molar-refractivity contribution in [2.45, 2.75) is 13.1 Å². The third kappa shape index (κ3) is 4.06. The van der Waals surface area contributed by atoms with Gasteiger partial charge in [-0.15, -0.1) is 0 Å². The number of aromatic nitrogens is 1. The molecule has 0 unspecified atom stereocenters. The number of rotatable bonds is 4. The van der Waals surface area contributed by atoms with E-state index in [0.717, 1.165) is 0 Å². The van der Waals surface area contributed by atoms with Gasteiger partial charge in [0.2, 0.25) is 5.88 Å². The van der Waals surface area contributed by atoms with Crippen LogP contribution in [0.5, 0.6) is 5.88 Å². The average Bonchev–Trinajstić information content (AvgIpc) is 2.26. The van der Waals surface area contributed by atoms with E-state index < -0.39 is 24.3 Å². The first-order valence-corrected chi connectivity index (χ1v) is 5.23. The van der Waals surface area contributed by atoms with Gasteiger partial charge in [-0.25, -0.2) is 9.78 Å². The summed E-state index contributed by atoms with van der Waals surface area (Å²) in [5.41, 5.74) is -0.990. The Labute approximate surface area is 106 Å². The summed E-state index contributed by atoms with van der Waals surface area (Å²) < 4.78 is 46.3. The summed E-state index contributed by atoms with van der Waals surface area (Å²) >= 11 is 5.56. The minimum atomic E-state index is -4.53.